The number of hydrogen-bond donors (Lipinski definition) is 0. The molecule has 0 radical (unpaired) electrons. The van der Waals surface area contributed by atoms with Gasteiger partial charge in [-0.2, -0.15) is 5.26 Å². The Hall–Kier alpha value is -2.81. The van der Waals surface area contributed by atoms with Gasteiger partial charge < -0.3 is 9.64 Å². The van der Waals surface area contributed by atoms with Crippen LogP contribution in [0, 0.1) is 11.3 Å². The third-order valence-corrected chi connectivity index (χ3v) is 4.06. The number of esters is 1. The second-order valence-corrected chi connectivity index (χ2v) is 5.53. The molecule has 0 N–H and O–H groups in total. The van der Waals surface area contributed by atoms with Gasteiger partial charge in [0.05, 0.1) is 17.8 Å². The summed E-state index contributed by atoms with van der Waals surface area (Å²) in [7, 11) is 1.81. The van der Waals surface area contributed by atoms with Crippen molar-refractivity contribution >= 4 is 17.2 Å². The number of carbonyl (C=O) groups excluding carboxylic acids is 1. The van der Waals surface area contributed by atoms with Gasteiger partial charge in [-0.05, 0) is 31.9 Å². The molecule has 1 fully saturated rings. The number of nitriles is 1. The molecule has 0 saturated heterocycles. The second kappa shape index (κ2) is 5.76. The monoisotopic (exact) mass is 311 g/mol. The predicted molar refractivity (Wildman–Crippen MR) is 85.8 cm³/mol. The quantitative estimate of drug-likeness (QED) is 0.807. The maximum Gasteiger partial charge on any atom is 0.342 e. The zero-order valence-electron chi connectivity index (χ0n) is 13.1. The first-order chi connectivity index (χ1) is 11.1. The standard InChI is InChI=1S/C17H17N3O3/c1-3-23-17(22)14-13-6-4-5-9-20(13)16(21)12(10-18)15(14)19(2)11-7-8-11/h4-6,9,11H,3,7-8H2,1-2H3. The van der Waals surface area contributed by atoms with E-state index in [4.69, 9.17) is 4.74 Å². The van der Waals surface area contributed by atoms with Gasteiger partial charge in [0.15, 0.2) is 0 Å². The number of anilines is 1. The molecule has 0 aromatic carbocycles. The fourth-order valence-corrected chi connectivity index (χ4v) is 2.79. The first-order valence-electron chi connectivity index (χ1n) is 7.57. The van der Waals surface area contributed by atoms with Gasteiger partial charge in [0.25, 0.3) is 5.56 Å². The molecule has 3 rings (SSSR count). The van der Waals surface area contributed by atoms with Crippen molar-refractivity contribution in [1.29, 1.82) is 5.26 Å². The number of rotatable bonds is 4. The van der Waals surface area contributed by atoms with Gasteiger partial charge in [-0.1, -0.05) is 6.07 Å². The van der Waals surface area contributed by atoms with Crippen LogP contribution in [0.25, 0.3) is 5.52 Å². The van der Waals surface area contributed by atoms with Crippen LogP contribution in [0.4, 0.5) is 5.69 Å². The number of pyridine rings is 2. The summed E-state index contributed by atoms with van der Waals surface area (Å²) in [5.74, 6) is -0.518. The van der Waals surface area contributed by atoms with E-state index in [2.05, 4.69) is 0 Å². The highest BCUT2D eigenvalue weighted by Gasteiger charge is 2.33. The lowest BCUT2D eigenvalue weighted by molar-refractivity contribution is 0.0529. The molecule has 0 atom stereocenters. The maximum atomic E-state index is 12.6. The summed E-state index contributed by atoms with van der Waals surface area (Å²) in [6, 6.07) is 7.36. The number of aromatic nitrogens is 1. The number of fused-ring (bicyclic) bond motifs is 1. The van der Waals surface area contributed by atoms with Gasteiger partial charge in [0, 0.05) is 19.3 Å². The van der Waals surface area contributed by atoms with E-state index in [1.165, 1.54) is 4.40 Å². The summed E-state index contributed by atoms with van der Waals surface area (Å²) in [4.78, 5) is 27.0. The highest BCUT2D eigenvalue weighted by Crippen LogP contribution is 2.35. The molecule has 2 heterocycles. The molecule has 0 unspecified atom stereocenters. The minimum Gasteiger partial charge on any atom is -0.462 e. The topological polar surface area (TPSA) is 74.8 Å². The molecular formula is C17H17N3O3. The summed E-state index contributed by atoms with van der Waals surface area (Å²) in [6.07, 6.45) is 3.53. The maximum absolute atomic E-state index is 12.6. The van der Waals surface area contributed by atoms with Gasteiger partial charge in [-0.15, -0.1) is 0 Å². The van der Waals surface area contributed by atoms with Crippen molar-refractivity contribution in [3.63, 3.8) is 0 Å². The van der Waals surface area contributed by atoms with E-state index in [9.17, 15) is 14.9 Å². The molecule has 0 spiro atoms. The number of nitrogens with zero attached hydrogens (tertiary/aromatic N) is 3. The third kappa shape index (κ3) is 2.44. The second-order valence-electron chi connectivity index (χ2n) is 5.53. The average Bonchev–Trinajstić information content (AvgIpc) is 3.39. The molecule has 0 amide bonds. The van der Waals surface area contributed by atoms with Crippen molar-refractivity contribution in [1.82, 2.24) is 4.40 Å². The largest absolute Gasteiger partial charge is 0.462 e. The summed E-state index contributed by atoms with van der Waals surface area (Å²) in [5.41, 5.74) is 0.671. The zero-order valence-corrected chi connectivity index (χ0v) is 13.1. The average molecular weight is 311 g/mol. The van der Waals surface area contributed by atoms with Crippen LogP contribution in [0.2, 0.25) is 0 Å². The molecule has 1 aliphatic carbocycles. The van der Waals surface area contributed by atoms with Crippen LogP contribution in [-0.4, -0.2) is 30.1 Å². The summed E-state index contributed by atoms with van der Waals surface area (Å²) in [6.45, 7) is 1.95. The Morgan fingerprint density at radius 3 is 2.83 bits per heavy atom. The molecule has 2 aromatic rings. The molecule has 23 heavy (non-hydrogen) atoms. The van der Waals surface area contributed by atoms with Crippen molar-refractivity contribution in [3.05, 3.63) is 45.9 Å². The van der Waals surface area contributed by atoms with Crippen LogP contribution in [0.5, 0.6) is 0 Å². The van der Waals surface area contributed by atoms with Crippen molar-refractivity contribution < 1.29 is 9.53 Å². The predicted octanol–water partition coefficient (Wildman–Crippen LogP) is 1.95. The molecule has 1 saturated carbocycles. The number of carbonyl (C=O) groups is 1. The summed E-state index contributed by atoms with van der Waals surface area (Å²) >= 11 is 0. The van der Waals surface area contributed by atoms with Crippen LogP contribution in [0.15, 0.2) is 29.2 Å². The van der Waals surface area contributed by atoms with Crippen molar-refractivity contribution in [3.8, 4) is 6.07 Å². The molecule has 0 bridgehead atoms. The molecule has 1 aliphatic rings. The Bertz CT molecular complexity index is 875. The van der Waals surface area contributed by atoms with Gasteiger partial charge >= 0.3 is 5.97 Å². The number of hydrogen-bond acceptors (Lipinski definition) is 5. The van der Waals surface area contributed by atoms with E-state index >= 15 is 0 Å². The molecule has 2 aromatic heterocycles. The summed E-state index contributed by atoms with van der Waals surface area (Å²) in [5, 5.41) is 9.50. The molecule has 0 aliphatic heterocycles. The molecule has 118 valence electrons. The highest BCUT2D eigenvalue weighted by atomic mass is 16.5. The van der Waals surface area contributed by atoms with Gasteiger partial charge in [0.1, 0.15) is 17.2 Å². The van der Waals surface area contributed by atoms with E-state index in [-0.39, 0.29) is 23.8 Å². The lowest BCUT2D eigenvalue weighted by atomic mass is 10.1. The Morgan fingerprint density at radius 1 is 1.48 bits per heavy atom. The number of ether oxygens (including phenoxy) is 1. The first-order valence-corrected chi connectivity index (χ1v) is 7.57. The first kappa shape index (κ1) is 15.1. The molecule has 6 nitrogen and oxygen atoms in total. The fourth-order valence-electron chi connectivity index (χ4n) is 2.79. The smallest absolute Gasteiger partial charge is 0.342 e. The van der Waals surface area contributed by atoms with Crippen molar-refractivity contribution in [2.24, 2.45) is 0 Å². The van der Waals surface area contributed by atoms with Crippen molar-refractivity contribution in [2.75, 3.05) is 18.6 Å². The van der Waals surface area contributed by atoms with Gasteiger partial charge in [-0.25, -0.2) is 4.79 Å². The minimum atomic E-state index is -0.518. The Labute approximate surface area is 133 Å². The van der Waals surface area contributed by atoms with Crippen LogP contribution in [0.3, 0.4) is 0 Å². The van der Waals surface area contributed by atoms with Crippen molar-refractivity contribution in [2.45, 2.75) is 25.8 Å². The van der Waals surface area contributed by atoms with E-state index in [1.807, 2.05) is 18.0 Å². The SMILES string of the molecule is CCOC(=O)c1c(N(C)C2CC2)c(C#N)c(=O)n2ccccc12. The van der Waals surface area contributed by atoms with Crippen LogP contribution in [-0.2, 0) is 4.74 Å². The Kier molecular flexibility index (Phi) is 3.78. The third-order valence-electron chi connectivity index (χ3n) is 4.06. The summed E-state index contributed by atoms with van der Waals surface area (Å²) < 4.78 is 6.50. The Balaban J connectivity index is 2.41. The van der Waals surface area contributed by atoms with Gasteiger partial charge in [0.2, 0.25) is 0 Å². The minimum absolute atomic E-state index is 0.0221. The lowest BCUT2D eigenvalue weighted by Crippen LogP contribution is -2.30. The zero-order chi connectivity index (χ0) is 16.6. The molecular weight excluding hydrogens is 294 g/mol. The fraction of sp³-hybridized carbons (Fsp3) is 0.353. The van der Waals surface area contributed by atoms with Crippen LogP contribution >= 0.6 is 0 Å². The van der Waals surface area contributed by atoms with Crippen LogP contribution in [0.1, 0.15) is 35.7 Å². The van der Waals surface area contributed by atoms with E-state index in [0.29, 0.717) is 11.2 Å². The highest BCUT2D eigenvalue weighted by molar-refractivity contribution is 6.04. The normalized spacial score (nSPS) is 13.6. The van der Waals surface area contributed by atoms with Crippen LogP contribution < -0.4 is 10.5 Å². The van der Waals surface area contributed by atoms with E-state index in [1.54, 1.807) is 31.3 Å². The molecule has 6 heteroatoms. The Morgan fingerprint density at radius 2 is 2.22 bits per heavy atom. The lowest BCUT2D eigenvalue weighted by Gasteiger charge is -2.23. The van der Waals surface area contributed by atoms with E-state index < -0.39 is 11.5 Å². The van der Waals surface area contributed by atoms with Gasteiger partial charge in [-0.3, -0.25) is 9.20 Å². The van der Waals surface area contributed by atoms with E-state index in [0.717, 1.165) is 12.8 Å².